The quantitative estimate of drug-likeness (QED) is 0.623. The van der Waals surface area contributed by atoms with Crippen molar-refractivity contribution >= 4 is 5.91 Å². The first-order valence-corrected chi connectivity index (χ1v) is 9.52. The summed E-state index contributed by atoms with van der Waals surface area (Å²) >= 11 is 0. The van der Waals surface area contributed by atoms with E-state index in [0.717, 1.165) is 27.8 Å². The number of aliphatic hydroxyl groups is 1. The van der Waals surface area contributed by atoms with E-state index in [-0.39, 0.29) is 12.5 Å². The number of fused-ring (bicyclic) bond motifs is 3. The van der Waals surface area contributed by atoms with Crippen molar-refractivity contribution in [2.24, 2.45) is 11.7 Å². The van der Waals surface area contributed by atoms with Gasteiger partial charge in [0, 0.05) is 12.5 Å². The Balaban J connectivity index is 2.02. The topological polar surface area (TPSA) is 75.3 Å². The van der Waals surface area contributed by atoms with Crippen LogP contribution in [0.4, 0.5) is 0 Å². The number of benzene rings is 3. The van der Waals surface area contributed by atoms with Crippen LogP contribution >= 0.6 is 0 Å². The normalized spacial score (nSPS) is 16.1. The highest BCUT2D eigenvalue weighted by Crippen LogP contribution is 2.51. The van der Waals surface area contributed by atoms with Crippen LogP contribution in [0, 0.1) is 5.92 Å². The van der Waals surface area contributed by atoms with E-state index in [4.69, 9.17) is 5.73 Å². The summed E-state index contributed by atoms with van der Waals surface area (Å²) in [5.41, 5.74) is 10.5. The first-order valence-electron chi connectivity index (χ1n) is 9.52. The molecule has 0 aliphatic heterocycles. The molecule has 0 radical (unpaired) electrons. The average molecular weight is 372 g/mol. The SMILES string of the molecule is C[C@H](CO)[C@H](NC1(c2ccccc2)c2ccccc2-c2ccccc21)C(N)=O. The van der Waals surface area contributed by atoms with Crippen LogP contribution in [0.25, 0.3) is 11.1 Å². The Kier molecular flexibility index (Phi) is 4.75. The maximum absolute atomic E-state index is 12.3. The lowest BCUT2D eigenvalue weighted by atomic mass is 9.79. The Labute approximate surface area is 165 Å². The third-order valence-corrected chi connectivity index (χ3v) is 5.69. The number of rotatable bonds is 6. The molecule has 0 saturated heterocycles. The molecule has 3 aromatic rings. The number of carbonyl (C=O) groups is 1. The number of carbonyl (C=O) groups excluding carboxylic acids is 1. The third kappa shape index (κ3) is 2.73. The summed E-state index contributed by atoms with van der Waals surface area (Å²) in [6.07, 6.45) is 0. The summed E-state index contributed by atoms with van der Waals surface area (Å²) in [7, 11) is 0. The first-order chi connectivity index (χ1) is 13.6. The highest BCUT2D eigenvalue weighted by Gasteiger charge is 2.46. The molecule has 2 atom stereocenters. The van der Waals surface area contributed by atoms with Crippen LogP contribution in [0.3, 0.4) is 0 Å². The molecular weight excluding hydrogens is 348 g/mol. The van der Waals surface area contributed by atoms with Crippen molar-refractivity contribution in [3.8, 4) is 11.1 Å². The van der Waals surface area contributed by atoms with Crippen molar-refractivity contribution in [3.05, 3.63) is 95.6 Å². The minimum atomic E-state index is -0.725. The molecule has 28 heavy (non-hydrogen) atoms. The van der Waals surface area contributed by atoms with Crippen LogP contribution in [0.2, 0.25) is 0 Å². The molecule has 0 unspecified atom stereocenters. The Hall–Kier alpha value is -2.95. The van der Waals surface area contributed by atoms with Gasteiger partial charge in [-0.2, -0.15) is 0 Å². The molecule has 3 aromatic carbocycles. The fourth-order valence-corrected chi connectivity index (χ4v) is 4.31. The number of hydrogen-bond donors (Lipinski definition) is 3. The van der Waals surface area contributed by atoms with Crippen molar-refractivity contribution < 1.29 is 9.90 Å². The number of nitrogens with two attached hydrogens (primary N) is 1. The van der Waals surface area contributed by atoms with Gasteiger partial charge in [0.15, 0.2) is 0 Å². The van der Waals surface area contributed by atoms with E-state index in [1.807, 2.05) is 49.4 Å². The Morgan fingerprint density at radius 1 is 0.929 bits per heavy atom. The molecule has 1 aliphatic carbocycles. The van der Waals surface area contributed by atoms with Crippen LogP contribution in [-0.4, -0.2) is 23.7 Å². The molecule has 0 bridgehead atoms. The molecule has 142 valence electrons. The zero-order chi connectivity index (χ0) is 19.7. The zero-order valence-electron chi connectivity index (χ0n) is 15.8. The lowest BCUT2D eigenvalue weighted by Gasteiger charge is -2.38. The van der Waals surface area contributed by atoms with Crippen molar-refractivity contribution in [2.45, 2.75) is 18.5 Å². The smallest absolute Gasteiger partial charge is 0.234 e. The first kappa shape index (κ1) is 18.4. The van der Waals surface area contributed by atoms with Crippen molar-refractivity contribution in [1.82, 2.24) is 5.32 Å². The largest absolute Gasteiger partial charge is 0.396 e. The molecule has 4 N–H and O–H groups in total. The maximum Gasteiger partial charge on any atom is 0.234 e. The lowest BCUT2D eigenvalue weighted by Crippen LogP contribution is -2.56. The number of nitrogens with one attached hydrogen (secondary N) is 1. The number of primary amides is 1. The van der Waals surface area contributed by atoms with Gasteiger partial charge in [0.2, 0.25) is 5.91 Å². The monoisotopic (exact) mass is 372 g/mol. The molecule has 0 fully saturated rings. The number of aliphatic hydroxyl groups excluding tert-OH is 1. The van der Waals surface area contributed by atoms with Gasteiger partial charge in [-0.15, -0.1) is 0 Å². The molecule has 0 aromatic heterocycles. The zero-order valence-corrected chi connectivity index (χ0v) is 15.8. The molecule has 4 nitrogen and oxygen atoms in total. The molecule has 0 spiro atoms. The van der Waals surface area contributed by atoms with Gasteiger partial charge in [0.1, 0.15) is 0 Å². The summed E-state index contributed by atoms with van der Waals surface area (Å²) < 4.78 is 0. The summed E-state index contributed by atoms with van der Waals surface area (Å²) in [6.45, 7) is 1.70. The fraction of sp³-hybridized carbons (Fsp3) is 0.208. The van der Waals surface area contributed by atoms with Crippen LogP contribution in [0.5, 0.6) is 0 Å². The average Bonchev–Trinajstić information content (AvgIpc) is 3.03. The second-order valence-electron chi connectivity index (χ2n) is 7.39. The second kappa shape index (κ2) is 7.23. The molecule has 4 rings (SSSR count). The third-order valence-electron chi connectivity index (χ3n) is 5.69. The molecular formula is C24H24N2O2. The maximum atomic E-state index is 12.3. The molecule has 0 heterocycles. The highest BCUT2D eigenvalue weighted by atomic mass is 16.3. The van der Waals surface area contributed by atoms with E-state index in [0.29, 0.717) is 0 Å². The number of hydrogen-bond acceptors (Lipinski definition) is 3. The van der Waals surface area contributed by atoms with Crippen LogP contribution < -0.4 is 11.1 Å². The summed E-state index contributed by atoms with van der Waals surface area (Å²) in [5, 5.41) is 13.3. The summed E-state index contributed by atoms with van der Waals surface area (Å²) in [5.74, 6) is -0.795. The molecule has 1 amide bonds. The van der Waals surface area contributed by atoms with Gasteiger partial charge in [0.25, 0.3) is 0 Å². The van der Waals surface area contributed by atoms with E-state index < -0.39 is 17.5 Å². The summed E-state index contributed by atoms with van der Waals surface area (Å²) in [6, 6.07) is 25.9. The van der Waals surface area contributed by atoms with Crippen molar-refractivity contribution in [2.75, 3.05) is 6.61 Å². The Morgan fingerprint density at radius 3 is 1.93 bits per heavy atom. The van der Waals surface area contributed by atoms with Gasteiger partial charge >= 0.3 is 0 Å². The van der Waals surface area contributed by atoms with Gasteiger partial charge in [-0.25, -0.2) is 0 Å². The van der Waals surface area contributed by atoms with Gasteiger partial charge in [-0.1, -0.05) is 85.8 Å². The van der Waals surface area contributed by atoms with E-state index >= 15 is 0 Å². The predicted octanol–water partition coefficient (Wildman–Crippen LogP) is 3.03. The predicted molar refractivity (Wildman–Crippen MR) is 111 cm³/mol. The number of amides is 1. The van der Waals surface area contributed by atoms with Crippen LogP contribution in [0.15, 0.2) is 78.9 Å². The van der Waals surface area contributed by atoms with E-state index in [2.05, 4.69) is 41.7 Å². The van der Waals surface area contributed by atoms with Gasteiger partial charge < -0.3 is 10.8 Å². The van der Waals surface area contributed by atoms with E-state index in [1.165, 1.54) is 0 Å². The summed E-state index contributed by atoms with van der Waals surface area (Å²) in [4.78, 5) is 12.3. The Morgan fingerprint density at radius 2 is 1.43 bits per heavy atom. The van der Waals surface area contributed by atoms with Gasteiger partial charge in [-0.05, 0) is 27.8 Å². The van der Waals surface area contributed by atoms with Crippen molar-refractivity contribution in [1.29, 1.82) is 0 Å². The standard InChI is InChI=1S/C24H24N2O2/c1-16(15-27)22(23(25)28)26-24(17-9-3-2-4-10-17)20-13-7-5-11-18(20)19-12-6-8-14-21(19)24/h2-14,16,22,26-27H,15H2,1H3,(H2,25,28)/t16-,22+/m1/s1. The van der Waals surface area contributed by atoms with E-state index in [1.54, 1.807) is 0 Å². The van der Waals surface area contributed by atoms with Crippen molar-refractivity contribution in [3.63, 3.8) is 0 Å². The lowest BCUT2D eigenvalue weighted by molar-refractivity contribution is -0.122. The molecule has 0 saturated carbocycles. The second-order valence-corrected chi connectivity index (χ2v) is 7.39. The van der Waals surface area contributed by atoms with Gasteiger partial charge in [0.05, 0.1) is 11.6 Å². The highest BCUT2D eigenvalue weighted by molar-refractivity contribution is 5.85. The van der Waals surface area contributed by atoms with Gasteiger partial charge in [-0.3, -0.25) is 10.1 Å². The van der Waals surface area contributed by atoms with Crippen LogP contribution in [-0.2, 0) is 10.3 Å². The molecule has 4 heteroatoms. The van der Waals surface area contributed by atoms with Crippen LogP contribution in [0.1, 0.15) is 23.6 Å². The minimum absolute atomic E-state index is 0.130. The minimum Gasteiger partial charge on any atom is -0.396 e. The fourth-order valence-electron chi connectivity index (χ4n) is 4.31. The van der Waals surface area contributed by atoms with E-state index in [9.17, 15) is 9.90 Å². The Bertz CT molecular complexity index is 955. The molecule has 1 aliphatic rings.